The Kier molecular flexibility index (Phi) is 6.99. The number of likely N-dealkylation sites (tertiary alicyclic amines) is 1. The fourth-order valence-corrected chi connectivity index (χ4v) is 7.84. The highest BCUT2D eigenvalue weighted by molar-refractivity contribution is 7.91. The fraction of sp³-hybridized carbons (Fsp3) is 0.800. The van der Waals surface area contributed by atoms with Gasteiger partial charge in [0.05, 0.1) is 36.4 Å². The number of sulfone groups is 1. The second-order valence-electron chi connectivity index (χ2n) is 11.2. The number of amides is 1. The molecule has 0 N–H and O–H groups in total. The Morgan fingerprint density at radius 3 is 2.58 bits per heavy atom. The van der Waals surface area contributed by atoms with Crippen molar-refractivity contribution >= 4 is 15.9 Å². The Balaban J connectivity index is 1.20. The molecule has 1 unspecified atom stereocenters. The van der Waals surface area contributed by atoms with Gasteiger partial charge in [0.15, 0.2) is 15.7 Å². The zero-order valence-electron chi connectivity index (χ0n) is 20.8. The van der Waals surface area contributed by atoms with Crippen molar-refractivity contribution in [2.75, 3.05) is 19.5 Å². The lowest BCUT2D eigenvalue weighted by atomic mass is 9.82. The Bertz CT molecular complexity index is 1070. The lowest BCUT2D eigenvalue weighted by Crippen LogP contribution is -2.48. The number of hydrogen-bond donors (Lipinski definition) is 0. The number of nitrogens with zero attached hydrogens (tertiary/aromatic N) is 3. The molecule has 0 spiro atoms. The third-order valence-corrected chi connectivity index (χ3v) is 10.5. The summed E-state index contributed by atoms with van der Waals surface area (Å²) in [5, 5.41) is -0.760. The molecule has 11 heteroatoms. The summed E-state index contributed by atoms with van der Waals surface area (Å²) in [6.07, 6.45) is 7.82. The van der Waals surface area contributed by atoms with E-state index in [1.54, 1.807) is 6.92 Å². The van der Waals surface area contributed by atoms with Crippen LogP contribution >= 0.6 is 0 Å². The molecule has 0 aromatic carbocycles. The van der Waals surface area contributed by atoms with Crippen LogP contribution in [0.3, 0.4) is 0 Å². The van der Waals surface area contributed by atoms with Gasteiger partial charge in [-0.1, -0.05) is 6.42 Å². The maximum atomic E-state index is 14.3. The van der Waals surface area contributed by atoms with Crippen LogP contribution in [0.25, 0.3) is 0 Å². The van der Waals surface area contributed by atoms with Gasteiger partial charge in [-0.3, -0.25) is 4.90 Å². The predicted octanol–water partition coefficient (Wildman–Crippen LogP) is 3.59. The summed E-state index contributed by atoms with van der Waals surface area (Å²) in [5.41, 5.74) is -0.121. The van der Waals surface area contributed by atoms with Crippen LogP contribution in [-0.2, 0) is 24.7 Å². The number of halogens is 2. The first kappa shape index (κ1) is 25.8. The summed E-state index contributed by atoms with van der Waals surface area (Å²) in [4.78, 5) is 22.8. The number of fused-ring (bicyclic) bond motifs is 1. The van der Waals surface area contributed by atoms with Crippen LogP contribution in [0.1, 0.15) is 64.1 Å². The molecule has 8 nitrogen and oxygen atoms in total. The molecule has 200 valence electrons. The summed E-state index contributed by atoms with van der Waals surface area (Å²) in [6, 6.07) is -1.04. The zero-order valence-corrected chi connectivity index (χ0v) is 21.6. The molecule has 0 radical (unpaired) electrons. The first-order valence-electron chi connectivity index (χ1n) is 13.0. The first-order chi connectivity index (χ1) is 17.1. The molecule has 36 heavy (non-hydrogen) atoms. The van der Waals surface area contributed by atoms with Crippen LogP contribution in [-0.4, -0.2) is 78.5 Å². The van der Waals surface area contributed by atoms with E-state index in [1.165, 1.54) is 23.5 Å². The molecule has 7 atom stereocenters. The molecule has 1 aliphatic heterocycles. The van der Waals surface area contributed by atoms with Crippen LogP contribution in [0.4, 0.5) is 13.6 Å². The molecule has 3 saturated carbocycles. The topological polar surface area (TPSA) is 98.7 Å². The first-order valence-corrected chi connectivity index (χ1v) is 14.9. The fourth-order valence-electron chi connectivity index (χ4n) is 6.43. The average molecular weight is 528 g/mol. The second kappa shape index (κ2) is 9.78. The van der Waals surface area contributed by atoms with E-state index < -0.39 is 39.2 Å². The minimum Gasteiger partial charge on any atom is -0.446 e. The minimum atomic E-state index is -3.45. The lowest BCUT2D eigenvalue weighted by molar-refractivity contribution is -0.0132. The summed E-state index contributed by atoms with van der Waals surface area (Å²) in [5.74, 6) is 0.502. The van der Waals surface area contributed by atoms with Gasteiger partial charge in [-0.2, -0.15) is 0 Å². The largest absolute Gasteiger partial charge is 0.446 e. The molecule has 1 aromatic heterocycles. The molecule has 3 aliphatic carbocycles. The minimum absolute atomic E-state index is 0.0575. The maximum Gasteiger partial charge on any atom is 0.410 e. The number of hydrogen-bond acceptors (Lipinski definition) is 7. The smallest absolute Gasteiger partial charge is 0.410 e. The Hall–Kier alpha value is -1.88. The van der Waals surface area contributed by atoms with E-state index in [1.807, 2.05) is 0 Å². The maximum absolute atomic E-state index is 14.3. The van der Waals surface area contributed by atoms with Gasteiger partial charge in [0.25, 0.3) is 0 Å². The number of carbonyl (C=O) groups excluding carboxylic acids is 1. The molecule has 5 rings (SSSR count). The van der Waals surface area contributed by atoms with Crippen molar-refractivity contribution in [3.05, 3.63) is 24.0 Å². The monoisotopic (exact) mass is 527 g/mol. The predicted molar refractivity (Wildman–Crippen MR) is 127 cm³/mol. The molecule has 4 fully saturated rings. The Labute approximate surface area is 211 Å². The third kappa shape index (κ3) is 4.97. The van der Waals surface area contributed by atoms with Crippen LogP contribution in [0.15, 0.2) is 12.4 Å². The van der Waals surface area contributed by atoms with Gasteiger partial charge in [-0.15, -0.1) is 0 Å². The van der Waals surface area contributed by atoms with Gasteiger partial charge in [-0.05, 0) is 63.7 Å². The van der Waals surface area contributed by atoms with Gasteiger partial charge in [0, 0.05) is 17.7 Å². The van der Waals surface area contributed by atoms with E-state index in [0.29, 0.717) is 18.2 Å². The van der Waals surface area contributed by atoms with Gasteiger partial charge in [0.1, 0.15) is 18.6 Å². The van der Waals surface area contributed by atoms with Gasteiger partial charge < -0.3 is 9.47 Å². The van der Waals surface area contributed by atoms with Gasteiger partial charge >= 0.3 is 6.09 Å². The van der Waals surface area contributed by atoms with Crippen LogP contribution < -0.4 is 0 Å². The highest BCUT2D eigenvalue weighted by atomic mass is 32.2. The summed E-state index contributed by atoms with van der Waals surface area (Å²) < 4.78 is 64.2. The highest BCUT2D eigenvalue weighted by Crippen LogP contribution is 2.61. The van der Waals surface area contributed by atoms with Crippen molar-refractivity contribution in [1.29, 1.82) is 0 Å². The number of rotatable bonds is 8. The number of aromatic nitrogens is 2. The van der Waals surface area contributed by atoms with Crippen molar-refractivity contribution < 1.29 is 31.5 Å². The Morgan fingerprint density at radius 1 is 1.25 bits per heavy atom. The second-order valence-corrected chi connectivity index (χ2v) is 13.5. The molecular weight excluding hydrogens is 492 g/mol. The average Bonchev–Trinajstić information content (AvgIpc) is 3.42. The lowest BCUT2D eigenvalue weighted by Gasteiger charge is -2.33. The summed E-state index contributed by atoms with van der Waals surface area (Å²) in [7, 11) is -3.45. The molecule has 1 aromatic rings. The molecule has 0 bridgehead atoms. The summed E-state index contributed by atoms with van der Waals surface area (Å²) in [6.45, 7) is 1.57. The van der Waals surface area contributed by atoms with E-state index in [2.05, 4.69) is 9.97 Å². The van der Waals surface area contributed by atoms with Gasteiger partial charge in [0.2, 0.25) is 0 Å². The van der Waals surface area contributed by atoms with Crippen LogP contribution in [0.2, 0.25) is 0 Å². The molecule has 2 heterocycles. The standard InChI is InChI=1S/C25H35F2N3O5S/c1-15-8-22(36(2,32)33)21(30(15)24(31)35-13-20(27)16-4-3-5-16)14-34-19-6-7-25(10-17(25)9-19)23-28-11-18(26)12-29-23/h11-12,15-17,19-22H,3-10,13-14H2,1-2H3/t15-,17-,19+,20?,21-,22+,25-/m1/s1. The van der Waals surface area contributed by atoms with Crippen molar-refractivity contribution in [2.24, 2.45) is 11.8 Å². The van der Waals surface area contributed by atoms with E-state index in [9.17, 15) is 22.0 Å². The van der Waals surface area contributed by atoms with Gasteiger partial charge in [-0.25, -0.2) is 32.0 Å². The number of carbonyl (C=O) groups is 1. The van der Waals surface area contributed by atoms with Crippen molar-refractivity contribution in [3.8, 4) is 0 Å². The van der Waals surface area contributed by atoms with E-state index >= 15 is 0 Å². The summed E-state index contributed by atoms with van der Waals surface area (Å²) >= 11 is 0. The SMILES string of the molecule is C[C@@H]1C[C@H](S(C)(=O)=O)[C@@H](CO[C@H]2CC[C@@]3(c4ncc(F)cn4)C[C@H]3C2)N1C(=O)OCC(F)C1CCC1. The zero-order chi connectivity index (χ0) is 25.7. The molecule has 1 amide bonds. The third-order valence-electron chi connectivity index (χ3n) is 8.88. The van der Waals surface area contributed by atoms with Crippen molar-refractivity contribution in [2.45, 2.75) is 93.3 Å². The number of ether oxygens (including phenoxy) is 2. The van der Waals surface area contributed by atoms with Crippen molar-refractivity contribution in [1.82, 2.24) is 14.9 Å². The normalized spacial score (nSPS) is 35.1. The highest BCUT2D eigenvalue weighted by Gasteiger charge is 2.60. The quantitative estimate of drug-likeness (QED) is 0.510. The van der Waals surface area contributed by atoms with Crippen LogP contribution in [0, 0.1) is 17.7 Å². The molecular formula is C25H35F2N3O5S. The van der Waals surface area contributed by atoms with Crippen LogP contribution in [0.5, 0.6) is 0 Å². The molecule has 4 aliphatic rings. The van der Waals surface area contributed by atoms with Crippen molar-refractivity contribution in [3.63, 3.8) is 0 Å². The van der Waals surface area contributed by atoms with E-state index in [0.717, 1.165) is 44.9 Å². The number of alkyl halides is 1. The van der Waals surface area contributed by atoms with E-state index in [-0.39, 0.29) is 36.7 Å². The Morgan fingerprint density at radius 2 is 1.97 bits per heavy atom. The van der Waals surface area contributed by atoms with E-state index in [4.69, 9.17) is 9.47 Å². The molecule has 1 saturated heterocycles.